The number of aliphatic hydroxyl groups is 1. The Kier molecular flexibility index (Phi) is 5.36. The molecule has 1 aromatic heterocycles. The van der Waals surface area contributed by atoms with Gasteiger partial charge in [0, 0.05) is 11.3 Å². The van der Waals surface area contributed by atoms with Gasteiger partial charge in [0.2, 0.25) is 5.91 Å². The number of nitrogens with two attached hydrogens (primary N) is 1. The number of rotatable bonds is 6. The van der Waals surface area contributed by atoms with Crippen molar-refractivity contribution in [2.75, 3.05) is 6.61 Å². The smallest absolute Gasteiger partial charge is 0.237 e. The highest BCUT2D eigenvalue weighted by molar-refractivity contribution is 5.81. The van der Waals surface area contributed by atoms with E-state index in [4.69, 9.17) is 10.8 Å². The van der Waals surface area contributed by atoms with Gasteiger partial charge in [0.05, 0.1) is 31.4 Å². The second-order valence-electron chi connectivity index (χ2n) is 6.18. The number of aromatic nitrogens is 2. The van der Waals surface area contributed by atoms with Gasteiger partial charge in [-0.05, 0) is 31.6 Å². The van der Waals surface area contributed by atoms with Gasteiger partial charge >= 0.3 is 0 Å². The summed E-state index contributed by atoms with van der Waals surface area (Å²) >= 11 is 0. The van der Waals surface area contributed by atoms with E-state index < -0.39 is 6.04 Å². The second-order valence-corrected chi connectivity index (χ2v) is 6.18. The third kappa shape index (κ3) is 3.83. The van der Waals surface area contributed by atoms with Crippen LogP contribution in [0.25, 0.3) is 0 Å². The molecule has 1 aliphatic rings. The minimum atomic E-state index is -0.456. The maximum atomic E-state index is 12.2. The summed E-state index contributed by atoms with van der Waals surface area (Å²) in [6, 6.07) is -0.463. The first kappa shape index (κ1) is 16.0. The molecule has 1 aliphatic carbocycles. The van der Waals surface area contributed by atoms with E-state index in [0.29, 0.717) is 18.9 Å². The molecule has 118 valence electrons. The van der Waals surface area contributed by atoms with Crippen LogP contribution in [0.3, 0.4) is 0 Å². The number of hydrogen-bond acceptors (Lipinski definition) is 4. The van der Waals surface area contributed by atoms with Crippen LogP contribution in [0.4, 0.5) is 0 Å². The lowest BCUT2D eigenvalue weighted by atomic mass is 9.92. The maximum absolute atomic E-state index is 12.2. The minimum Gasteiger partial charge on any atom is -0.394 e. The van der Waals surface area contributed by atoms with Crippen LogP contribution in [0.15, 0.2) is 6.20 Å². The summed E-state index contributed by atoms with van der Waals surface area (Å²) in [5, 5.41) is 16.4. The molecule has 4 N–H and O–H groups in total. The van der Waals surface area contributed by atoms with Gasteiger partial charge in [-0.1, -0.05) is 13.8 Å². The van der Waals surface area contributed by atoms with Crippen LogP contribution >= 0.6 is 0 Å². The molecule has 0 aromatic carbocycles. The van der Waals surface area contributed by atoms with Gasteiger partial charge in [0.15, 0.2) is 0 Å². The van der Waals surface area contributed by atoms with Crippen LogP contribution in [0.5, 0.6) is 0 Å². The van der Waals surface area contributed by atoms with Gasteiger partial charge in [-0.3, -0.25) is 9.48 Å². The number of fused-ring (bicyclic) bond motifs is 1. The molecule has 2 atom stereocenters. The molecular formula is C15H26N4O2. The summed E-state index contributed by atoms with van der Waals surface area (Å²) < 4.78 is 1.84. The molecule has 0 fully saturated rings. The molecule has 0 bridgehead atoms. The first-order valence-corrected chi connectivity index (χ1v) is 7.74. The third-order valence-corrected chi connectivity index (χ3v) is 3.95. The first-order chi connectivity index (χ1) is 10.0. The molecule has 1 heterocycles. The van der Waals surface area contributed by atoms with Crippen molar-refractivity contribution in [1.29, 1.82) is 0 Å². The number of carbonyl (C=O) groups is 1. The van der Waals surface area contributed by atoms with E-state index in [1.54, 1.807) is 0 Å². The van der Waals surface area contributed by atoms with Crippen LogP contribution in [0, 0.1) is 5.92 Å². The molecule has 0 radical (unpaired) electrons. The largest absolute Gasteiger partial charge is 0.394 e. The zero-order valence-corrected chi connectivity index (χ0v) is 12.9. The Morgan fingerprint density at radius 1 is 1.62 bits per heavy atom. The number of hydrogen-bond donors (Lipinski definition) is 3. The highest BCUT2D eigenvalue weighted by Gasteiger charge is 2.27. The minimum absolute atomic E-state index is 0.00750. The Morgan fingerprint density at radius 2 is 2.38 bits per heavy atom. The zero-order valence-electron chi connectivity index (χ0n) is 12.9. The molecule has 0 saturated carbocycles. The number of nitrogens with one attached hydrogen (secondary N) is 1. The average Bonchev–Trinajstić information content (AvgIpc) is 2.83. The Labute approximate surface area is 125 Å². The van der Waals surface area contributed by atoms with E-state index >= 15 is 0 Å². The molecule has 0 saturated heterocycles. The molecule has 21 heavy (non-hydrogen) atoms. The van der Waals surface area contributed by atoms with Crippen molar-refractivity contribution < 1.29 is 9.90 Å². The van der Waals surface area contributed by atoms with Crippen LogP contribution < -0.4 is 11.1 Å². The van der Waals surface area contributed by atoms with Gasteiger partial charge in [0.1, 0.15) is 0 Å². The van der Waals surface area contributed by atoms with Crippen LogP contribution in [-0.4, -0.2) is 33.4 Å². The zero-order chi connectivity index (χ0) is 15.4. The maximum Gasteiger partial charge on any atom is 0.237 e. The second kappa shape index (κ2) is 7.04. The van der Waals surface area contributed by atoms with Gasteiger partial charge in [-0.2, -0.15) is 5.10 Å². The van der Waals surface area contributed by atoms with E-state index in [0.717, 1.165) is 30.5 Å². The van der Waals surface area contributed by atoms with Gasteiger partial charge in [-0.15, -0.1) is 0 Å². The van der Waals surface area contributed by atoms with Crippen molar-refractivity contribution in [1.82, 2.24) is 15.1 Å². The molecule has 2 rings (SSSR count). The van der Waals surface area contributed by atoms with Crippen molar-refractivity contribution in [3.8, 4) is 0 Å². The summed E-state index contributed by atoms with van der Waals surface area (Å²) in [5.41, 5.74) is 8.13. The highest BCUT2D eigenvalue weighted by Crippen LogP contribution is 2.29. The molecule has 6 nitrogen and oxygen atoms in total. The van der Waals surface area contributed by atoms with Crippen molar-refractivity contribution >= 4 is 5.91 Å². The summed E-state index contributed by atoms with van der Waals surface area (Å²) in [6.45, 7) is 4.70. The van der Waals surface area contributed by atoms with Crippen molar-refractivity contribution in [2.24, 2.45) is 11.7 Å². The third-order valence-electron chi connectivity index (χ3n) is 3.95. The normalized spacial score (nSPS) is 19.4. The Morgan fingerprint density at radius 3 is 3.05 bits per heavy atom. The monoisotopic (exact) mass is 294 g/mol. The lowest BCUT2D eigenvalue weighted by Crippen LogP contribution is -2.43. The Bertz CT molecular complexity index is 484. The summed E-state index contributed by atoms with van der Waals surface area (Å²) in [5.74, 6) is 0.316. The molecule has 0 aliphatic heterocycles. The number of amides is 1. The van der Waals surface area contributed by atoms with Crippen LogP contribution in [0.2, 0.25) is 0 Å². The molecule has 6 heteroatoms. The van der Waals surface area contributed by atoms with Gasteiger partial charge in [0.25, 0.3) is 0 Å². The predicted molar refractivity (Wildman–Crippen MR) is 80.6 cm³/mol. The summed E-state index contributed by atoms with van der Waals surface area (Å²) in [4.78, 5) is 12.2. The fraction of sp³-hybridized carbons (Fsp3) is 0.733. The summed E-state index contributed by atoms with van der Waals surface area (Å²) in [6.07, 6.45) is 5.37. The highest BCUT2D eigenvalue weighted by atomic mass is 16.3. The van der Waals surface area contributed by atoms with E-state index in [2.05, 4.69) is 24.3 Å². The number of nitrogens with zero attached hydrogens (tertiary/aromatic N) is 2. The van der Waals surface area contributed by atoms with Crippen LogP contribution in [-0.2, 0) is 17.8 Å². The molecular weight excluding hydrogens is 268 g/mol. The lowest BCUT2D eigenvalue weighted by Gasteiger charge is -2.26. The molecule has 1 aromatic rings. The van der Waals surface area contributed by atoms with E-state index in [1.807, 2.05) is 10.9 Å². The molecule has 1 unspecified atom stereocenters. The van der Waals surface area contributed by atoms with Crippen LogP contribution in [0.1, 0.15) is 50.4 Å². The fourth-order valence-corrected chi connectivity index (χ4v) is 2.95. The first-order valence-electron chi connectivity index (χ1n) is 7.74. The Balaban J connectivity index is 2.05. The SMILES string of the molecule is CC(C)C[C@@H](N)C(=O)NC1CCCc2c1cnn2CCO. The lowest BCUT2D eigenvalue weighted by molar-refractivity contribution is -0.123. The summed E-state index contributed by atoms with van der Waals surface area (Å²) in [7, 11) is 0. The standard InChI is InChI=1S/C15H26N4O2/c1-10(2)8-12(16)15(21)18-13-4-3-5-14-11(13)9-17-19(14)6-7-20/h9-10,12-13,20H,3-8,16H2,1-2H3,(H,18,21)/t12-,13?/m1/s1. The van der Waals surface area contributed by atoms with Crippen molar-refractivity contribution in [3.05, 3.63) is 17.5 Å². The molecule has 0 spiro atoms. The van der Waals surface area contributed by atoms with Crippen molar-refractivity contribution in [2.45, 2.75) is 58.2 Å². The van der Waals surface area contributed by atoms with E-state index in [-0.39, 0.29) is 18.6 Å². The average molecular weight is 294 g/mol. The Hall–Kier alpha value is -1.40. The fourth-order valence-electron chi connectivity index (χ4n) is 2.95. The topological polar surface area (TPSA) is 93.2 Å². The number of carbonyl (C=O) groups excluding carboxylic acids is 1. The predicted octanol–water partition coefficient (Wildman–Crippen LogP) is 0.742. The van der Waals surface area contributed by atoms with Gasteiger partial charge in [-0.25, -0.2) is 0 Å². The molecule has 1 amide bonds. The van der Waals surface area contributed by atoms with E-state index in [9.17, 15) is 4.79 Å². The van der Waals surface area contributed by atoms with Crippen molar-refractivity contribution in [3.63, 3.8) is 0 Å². The van der Waals surface area contributed by atoms with Gasteiger partial charge < -0.3 is 16.2 Å². The number of aliphatic hydroxyl groups excluding tert-OH is 1. The quantitative estimate of drug-likeness (QED) is 0.721. The van der Waals surface area contributed by atoms with E-state index in [1.165, 1.54) is 0 Å².